The number of nitrogens with zero attached hydrogens (tertiary/aromatic N) is 3. The monoisotopic (exact) mass is 516 g/mol. The fourth-order valence-electron chi connectivity index (χ4n) is 3.82. The lowest BCUT2D eigenvalue weighted by Crippen LogP contribution is -2.43. The minimum Gasteiger partial charge on any atom is -0.497 e. The SMILES string of the molecule is CCNC(=NCC(O)c1cc(OC)ccc1OC)N1CCC(N2CC=CC2)C1.I. The molecule has 29 heavy (non-hydrogen) atoms. The van der Waals surface area contributed by atoms with E-state index in [0.717, 1.165) is 45.1 Å². The lowest BCUT2D eigenvalue weighted by Gasteiger charge is -2.25. The minimum absolute atomic E-state index is 0. The number of halogens is 1. The quantitative estimate of drug-likeness (QED) is 0.251. The summed E-state index contributed by atoms with van der Waals surface area (Å²) >= 11 is 0. The molecule has 0 bridgehead atoms. The van der Waals surface area contributed by atoms with Crippen molar-refractivity contribution in [2.24, 2.45) is 4.99 Å². The topological polar surface area (TPSA) is 69.6 Å². The normalized spacial score (nSPS) is 20.5. The van der Waals surface area contributed by atoms with Crippen molar-refractivity contribution in [2.75, 3.05) is 53.5 Å². The first-order valence-electron chi connectivity index (χ1n) is 9.98. The molecule has 0 saturated carbocycles. The summed E-state index contributed by atoms with van der Waals surface area (Å²) in [4.78, 5) is 9.51. The number of ether oxygens (including phenoxy) is 2. The highest BCUT2D eigenvalue weighted by Crippen LogP contribution is 2.29. The van der Waals surface area contributed by atoms with Gasteiger partial charge in [0.1, 0.15) is 17.6 Å². The highest BCUT2D eigenvalue weighted by molar-refractivity contribution is 14.0. The Morgan fingerprint density at radius 2 is 2.03 bits per heavy atom. The van der Waals surface area contributed by atoms with E-state index in [0.29, 0.717) is 23.1 Å². The van der Waals surface area contributed by atoms with Gasteiger partial charge in [-0.1, -0.05) is 12.2 Å². The highest BCUT2D eigenvalue weighted by Gasteiger charge is 2.29. The first-order chi connectivity index (χ1) is 13.7. The van der Waals surface area contributed by atoms with E-state index in [1.807, 2.05) is 6.07 Å². The molecule has 2 N–H and O–H groups in total. The third-order valence-corrected chi connectivity index (χ3v) is 5.37. The fraction of sp³-hybridized carbons (Fsp3) is 0.571. The van der Waals surface area contributed by atoms with Crippen molar-refractivity contribution in [3.63, 3.8) is 0 Å². The first-order valence-corrected chi connectivity index (χ1v) is 9.98. The number of nitrogens with one attached hydrogen (secondary N) is 1. The molecular formula is C21H33IN4O3. The van der Waals surface area contributed by atoms with Crippen LogP contribution in [0, 0.1) is 0 Å². The number of guanidine groups is 1. The Balaban J connectivity index is 0.00000300. The van der Waals surface area contributed by atoms with Crippen LogP contribution in [-0.4, -0.2) is 80.4 Å². The fourth-order valence-corrected chi connectivity index (χ4v) is 3.82. The zero-order valence-electron chi connectivity index (χ0n) is 17.5. The van der Waals surface area contributed by atoms with Crippen molar-refractivity contribution < 1.29 is 14.6 Å². The van der Waals surface area contributed by atoms with Crippen molar-refractivity contribution in [3.8, 4) is 11.5 Å². The van der Waals surface area contributed by atoms with E-state index in [1.165, 1.54) is 0 Å². The van der Waals surface area contributed by atoms with Gasteiger partial charge in [-0.3, -0.25) is 9.89 Å². The van der Waals surface area contributed by atoms with E-state index in [9.17, 15) is 5.11 Å². The van der Waals surface area contributed by atoms with Crippen LogP contribution in [0.1, 0.15) is 25.0 Å². The number of aliphatic hydroxyl groups is 1. The largest absolute Gasteiger partial charge is 0.497 e. The molecule has 0 radical (unpaired) electrons. The maximum atomic E-state index is 10.7. The highest BCUT2D eigenvalue weighted by atomic mass is 127. The van der Waals surface area contributed by atoms with Gasteiger partial charge in [0, 0.05) is 44.3 Å². The molecule has 0 amide bonds. The molecule has 1 aromatic rings. The predicted octanol–water partition coefficient (Wildman–Crippen LogP) is 2.27. The Hall–Kier alpha value is -1.52. The van der Waals surface area contributed by atoms with Crippen LogP contribution < -0.4 is 14.8 Å². The van der Waals surface area contributed by atoms with Gasteiger partial charge in [0.15, 0.2) is 5.96 Å². The van der Waals surface area contributed by atoms with Crippen molar-refractivity contribution in [2.45, 2.75) is 25.5 Å². The van der Waals surface area contributed by atoms with E-state index in [1.54, 1.807) is 26.4 Å². The zero-order chi connectivity index (χ0) is 19.9. The number of likely N-dealkylation sites (tertiary alicyclic amines) is 1. The van der Waals surface area contributed by atoms with Gasteiger partial charge in [-0.2, -0.15) is 0 Å². The molecule has 3 rings (SSSR count). The van der Waals surface area contributed by atoms with Gasteiger partial charge < -0.3 is 24.8 Å². The van der Waals surface area contributed by atoms with Crippen LogP contribution in [0.25, 0.3) is 0 Å². The van der Waals surface area contributed by atoms with Crippen LogP contribution in [0.3, 0.4) is 0 Å². The minimum atomic E-state index is -0.764. The molecule has 2 aliphatic rings. The van der Waals surface area contributed by atoms with E-state index >= 15 is 0 Å². The third kappa shape index (κ3) is 5.99. The zero-order valence-corrected chi connectivity index (χ0v) is 19.8. The molecule has 1 saturated heterocycles. The van der Waals surface area contributed by atoms with Gasteiger partial charge in [0.25, 0.3) is 0 Å². The van der Waals surface area contributed by atoms with Crippen LogP contribution in [0.5, 0.6) is 11.5 Å². The average molecular weight is 516 g/mol. The molecule has 1 aromatic carbocycles. The smallest absolute Gasteiger partial charge is 0.194 e. The molecule has 2 aliphatic heterocycles. The molecule has 0 aliphatic carbocycles. The molecule has 7 nitrogen and oxygen atoms in total. The van der Waals surface area contributed by atoms with Gasteiger partial charge in [0.05, 0.1) is 20.8 Å². The molecule has 162 valence electrons. The second-order valence-electron chi connectivity index (χ2n) is 7.13. The molecule has 0 spiro atoms. The number of hydrogen-bond acceptors (Lipinski definition) is 5. The summed E-state index contributed by atoms with van der Waals surface area (Å²) in [5, 5.41) is 14.1. The van der Waals surface area contributed by atoms with Crippen molar-refractivity contribution >= 4 is 29.9 Å². The van der Waals surface area contributed by atoms with Crippen molar-refractivity contribution in [3.05, 3.63) is 35.9 Å². The molecule has 2 atom stereocenters. The van der Waals surface area contributed by atoms with E-state index in [4.69, 9.17) is 14.5 Å². The average Bonchev–Trinajstić information content (AvgIpc) is 3.42. The maximum Gasteiger partial charge on any atom is 0.194 e. The van der Waals surface area contributed by atoms with Crippen molar-refractivity contribution in [1.82, 2.24) is 15.1 Å². The molecular weight excluding hydrogens is 483 g/mol. The van der Waals surface area contributed by atoms with Crippen LogP contribution in [0.15, 0.2) is 35.3 Å². The third-order valence-electron chi connectivity index (χ3n) is 5.37. The van der Waals surface area contributed by atoms with E-state index < -0.39 is 6.10 Å². The number of methoxy groups -OCH3 is 2. The van der Waals surface area contributed by atoms with Crippen molar-refractivity contribution in [1.29, 1.82) is 0 Å². The Kier molecular flexibility index (Phi) is 9.51. The first kappa shape index (κ1) is 23.8. The van der Waals surface area contributed by atoms with E-state index in [2.05, 4.69) is 34.2 Å². The molecule has 0 aromatic heterocycles. The summed E-state index contributed by atoms with van der Waals surface area (Å²) in [5.41, 5.74) is 0.684. The number of aliphatic imine (C=N–C) groups is 1. The summed E-state index contributed by atoms with van der Waals surface area (Å²) < 4.78 is 10.7. The van der Waals surface area contributed by atoms with Crippen LogP contribution in [0.4, 0.5) is 0 Å². The molecule has 2 heterocycles. The summed E-state index contributed by atoms with van der Waals surface area (Å²) in [6.07, 6.45) is 4.85. The van der Waals surface area contributed by atoms with Gasteiger partial charge in [-0.25, -0.2) is 0 Å². The second kappa shape index (κ2) is 11.6. The maximum absolute atomic E-state index is 10.7. The van der Waals surface area contributed by atoms with Gasteiger partial charge >= 0.3 is 0 Å². The van der Waals surface area contributed by atoms with Crippen LogP contribution in [0.2, 0.25) is 0 Å². The Morgan fingerprint density at radius 1 is 1.28 bits per heavy atom. The van der Waals surface area contributed by atoms with Gasteiger partial charge in [-0.05, 0) is 31.5 Å². The van der Waals surface area contributed by atoms with Crippen LogP contribution in [-0.2, 0) is 0 Å². The Morgan fingerprint density at radius 3 is 2.69 bits per heavy atom. The second-order valence-corrected chi connectivity index (χ2v) is 7.13. The summed E-state index contributed by atoms with van der Waals surface area (Å²) in [7, 11) is 3.21. The van der Waals surface area contributed by atoms with Crippen LogP contribution >= 0.6 is 24.0 Å². The number of benzene rings is 1. The summed E-state index contributed by atoms with van der Waals surface area (Å²) in [6.45, 7) is 7.15. The van der Waals surface area contributed by atoms with Gasteiger partial charge in [-0.15, -0.1) is 24.0 Å². The lowest BCUT2D eigenvalue weighted by molar-refractivity contribution is 0.181. The molecule has 8 heteroatoms. The Bertz CT molecular complexity index is 705. The molecule has 1 fully saturated rings. The predicted molar refractivity (Wildman–Crippen MR) is 127 cm³/mol. The number of hydrogen-bond donors (Lipinski definition) is 2. The number of aliphatic hydroxyl groups excluding tert-OH is 1. The Labute approximate surface area is 190 Å². The van der Waals surface area contributed by atoms with Gasteiger partial charge in [0.2, 0.25) is 0 Å². The number of rotatable bonds is 7. The summed E-state index contributed by atoms with van der Waals surface area (Å²) in [6, 6.07) is 5.99. The standard InChI is InChI=1S/C21H32N4O3.HI/c1-4-22-21(25-12-9-16(15-25)24-10-5-6-11-24)23-14-19(26)18-13-17(27-2)7-8-20(18)28-3;/h5-8,13,16,19,26H,4,9-12,14-15H2,1-3H3,(H,22,23);1H. The summed E-state index contributed by atoms with van der Waals surface area (Å²) in [5.74, 6) is 2.18. The lowest BCUT2D eigenvalue weighted by atomic mass is 10.1. The molecule has 2 unspecified atom stereocenters. The van der Waals surface area contributed by atoms with E-state index in [-0.39, 0.29) is 30.5 Å².